The molecule has 1 unspecified atom stereocenters. The summed E-state index contributed by atoms with van der Waals surface area (Å²) >= 11 is 0. The molecule has 3 fully saturated rings. The number of nitrogens with zero attached hydrogens (tertiary/aromatic N) is 2. The summed E-state index contributed by atoms with van der Waals surface area (Å²) in [7, 11) is 0. The van der Waals surface area contributed by atoms with Crippen molar-refractivity contribution in [1.82, 2.24) is 9.80 Å². The van der Waals surface area contributed by atoms with Crippen molar-refractivity contribution in [3.05, 3.63) is 0 Å². The van der Waals surface area contributed by atoms with E-state index in [1.165, 1.54) is 6.92 Å². The van der Waals surface area contributed by atoms with Gasteiger partial charge in [-0.25, -0.2) is 0 Å². The van der Waals surface area contributed by atoms with E-state index in [2.05, 4.69) is 9.80 Å². The number of esters is 1. The maximum Gasteiger partial charge on any atom is 0.304 e. The number of hydrogen-bond donors (Lipinski definition) is 1. The van der Waals surface area contributed by atoms with Crippen LogP contribution in [-0.2, 0) is 9.53 Å². The minimum Gasteiger partial charge on any atom is -0.440 e. The summed E-state index contributed by atoms with van der Waals surface area (Å²) in [5.41, 5.74) is -0.775. The number of piperazine rings is 3. The Morgan fingerprint density at radius 1 is 1.43 bits per heavy atom. The Bertz CT molecular complexity index is 238. The Morgan fingerprint density at radius 2 is 2.07 bits per heavy atom. The number of hydrogen-bond acceptors (Lipinski definition) is 5. The van der Waals surface area contributed by atoms with Crippen LogP contribution in [0.5, 0.6) is 0 Å². The fourth-order valence-electron chi connectivity index (χ4n) is 2.31. The van der Waals surface area contributed by atoms with Crippen LogP contribution in [-0.4, -0.2) is 65.9 Å². The maximum absolute atomic E-state index is 11.0. The standard InChI is InChI=1S/C9H16N2O3/c1-8(13)14-9(7-12)6-10-2-4-11(9)5-3-10/h12H,2-7H2,1H3. The van der Waals surface area contributed by atoms with E-state index in [9.17, 15) is 9.90 Å². The van der Waals surface area contributed by atoms with Gasteiger partial charge in [0.25, 0.3) is 0 Å². The molecule has 5 nitrogen and oxygen atoms in total. The first-order chi connectivity index (χ1) is 6.66. The fourth-order valence-corrected chi connectivity index (χ4v) is 2.31. The largest absolute Gasteiger partial charge is 0.440 e. The molecule has 0 aliphatic carbocycles. The molecule has 80 valence electrons. The molecule has 3 saturated heterocycles. The molecule has 14 heavy (non-hydrogen) atoms. The predicted octanol–water partition coefficient (Wildman–Crippen LogP) is -1.13. The van der Waals surface area contributed by atoms with Crippen molar-refractivity contribution in [2.75, 3.05) is 39.3 Å². The molecule has 5 heteroatoms. The second-order valence-corrected chi connectivity index (χ2v) is 3.96. The lowest BCUT2D eigenvalue weighted by atomic mass is 10.0. The third kappa shape index (κ3) is 1.51. The Morgan fingerprint density at radius 3 is 2.43 bits per heavy atom. The third-order valence-corrected chi connectivity index (χ3v) is 3.00. The molecule has 1 N–H and O–H groups in total. The SMILES string of the molecule is CC(=O)OC1(CO)CN2CCN1CC2. The zero-order valence-corrected chi connectivity index (χ0v) is 8.40. The molecular weight excluding hydrogens is 184 g/mol. The molecule has 0 amide bonds. The van der Waals surface area contributed by atoms with Crippen molar-refractivity contribution in [2.45, 2.75) is 12.6 Å². The van der Waals surface area contributed by atoms with Crippen molar-refractivity contribution in [3.8, 4) is 0 Å². The second kappa shape index (κ2) is 3.49. The van der Waals surface area contributed by atoms with Gasteiger partial charge in [0, 0.05) is 33.1 Å². The van der Waals surface area contributed by atoms with Crippen LogP contribution in [0.2, 0.25) is 0 Å². The Kier molecular flexibility index (Phi) is 2.47. The van der Waals surface area contributed by atoms with E-state index >= 15 is 0 Å². The highest BCUT2D eigenvalue weighted by molar-refractivity contribution is 5.66. The van der Waals surface area contributed by atoms with Crippen LogP contribution in [0.3, 0.4) is 0 Å². The van der Waals surface area contributed by atoms with Gasteiger partial charge in [-0.15, -0.1) is 0 Å². The highest BCUT2D eigenvalue weighted by Gasteiger charge is 2.47. The number of rotatable bonds is 2. The average molecular weight is 200 g/mol. The van der Waals surface area contributed by atoms with Crippen LogP contribution in [0, 0.1) is 0 Å². The molecule has 3 rings (SSSR count). The van der Waals surface area contributed by atoms with Crippen LogP contribution in [0.25, 0.3) is 0 Å². The normalized spacial score (nSPS) is 41.0. The minimum atomic E-state index is -0.775. The van der Waals surface area contributed by atoms with Gasteiger partial charge in [0.1, 0.15) is 0 Å². The van der Waals surface area contributed by atoms with Crippen LogP contribution in [0.4, 0.5) is 0 Å². The fraction of sp³-hybridized carbons (Fsp3) is 0.889. The van der Waals surface area contributed by atoms with Gasteiger partial charge in [-0.3, -0.25) is 14.6 Å². The van der Waals surface area contributed by atoms with Crippen molar-refractivity contribution in [3.63, 3.8) is 0 Å². The second-order valence-electron chi connectivity index (χ2n) is 3.96. The van der Waals surface area contributed by atoms with Crippen molar-refractivity contribution >= 4 is 5.97 Å². The first-order valence-electron chi connectivity index (χ1n) is 4.94. The van der Waals surface area contributed by atoms with E-state index in [1.807, 2.05) is 0 Å². The molecule has 3 aliphatic rings. The molecule has 0 aromatic carbocycles. The summed E-state index contributed by atoms with van der Waals surface area (Å²) in [4.78, 5) is 15.3. The van der Waals surface area contributed by atoms with Gasteiger partial charge in [0.05, 0.1) is 13.2 Å². The minimum absolute atomic E-state index is 0.122. The molecule has 0 spiro atoms. The van der Waals surface area contributed by atoms with Gasteiger partial charge in [-0.05, 0) is 0 Å². The summed E-state index contributed by atoms with van der Waals surface area (Å²) in [6.07, 6.45) is 0. The van der Waals surface area contributed by atoms with Gasteiger partial charge in [0.2, 0.25) is 5.72 Å². The van der Waals surface area contributed by atoms with E-state index < -0.39 is 5.72 Å². The quantitative estimate of drug-likeness (QED) is 0.572. The van der Waals surface area contributed by atoms with E-state index in [-0.39, 0.29) is 12.6 Å². The Balaban J connectivity index is 2.15. The first kappa shape index (κ1) is 9.89. The van der Waals surface area contributed by atoms with Gasteiger partial charge < -0.3 is 9.84 Å². The molecule has 0 aromatic heterocycles. The topological polar surface area (TPSA) is 53.0 Å². The Labute approximate surface area is 83.2 Å². The Hall–Kier alpha value is -0.650. The van der Waals surface area contributed by atoms with Crippen molar-refractivity contribution in [1.29, 1.82) is 0 Å². The van der Waals surface area contributed by atoms with Gasteiger partial charge in [-0.2, -0.15) is 0 Å². The zero-order valence-electron chi connectivity index (χ0n) is 8.40. The maximum atomic E-state index is 11.0. The van der Waals surface area contributed by atoms with E-state index in [4.69, 9.17) is 4.74 Å². The average Bonchev–Trinajstić information content (AvgIpc) is 2.18. The highest BCUT2D eigenvalue weighted by Crippen LogP contribution is 2.26. The molecule has 2 bridgehead atoms. The smallest absolute Gasteiger partial charge is 0.304 e. The number of carbonyl (C=O) groups is 1. The van der Waals surface area contributed by atoms with E-state index in [0.717, 1.165) is 26.2 Å². The summed E-state index contributed by atoms with van der Waals surface area (Å²) in [5.74, 6) is -0.326. The molecular formula is C9H16N2O3. The van der Waals surface area contributed by atoms with Crippen LogP contribution in [0.15, 0.2) is 0 Å². The van der Waals surface area contributed by atoms with Crippen molar-refractivity contribution < 1.29 is 14.6 Å². The molecule has 0 saturated carbocycles. The van der Waals surface area contributed by atoms with E-state index in [0.29, 0.717) is 6.54 Å². The third-order valence-electron chi connectivity index (χ3n) is 3.00. The number of aliphatic hydroxyl groups excluding tert-OH is 1. The summed E-state index contributed by atoms with van der Waals surface area (Å²) in [6.45, 7) is 5.63. The lowest BCUT2D eigenvalue weighted by molar-refractivity contribution is -0.226. The molecule has 1 atom stereocenters. The van der Waals surface area contributed by atoms with Crippen molar-refractivity contribution in [2.24, 2.45) is 0 Å². The van der Waals surface area contributed by atoms with Crippen LogP contribution < -0.4 is 0 Å². The number of ether oxygens (including phenoxy) is 1. The summed E-state index contributed by atoms with van der Waals surface area (Å²) < 4.78 is 5.26. The zero-order chi connectivity index (χ0) is 10.2. The van der Waals surface area contributed by atoms with Gasteiger partial charge in [-0.1, -0.05) is 0 Å². The monoisotopic (exact) mass is 200 g/mol. The lowest BCUT2D eigenvalue weighted by Gasteiger charge is -2.53. The lowest BCUT2D eigenvalue weighted by Crippen LogP contribution is -2.71. The highest BCUT2D eigenvalue weighted by atomic mass is 16.6. The molecule has 3 aliphatic heterocycles. The molecule has 0 radical (unpaired) electrons. The van der Waals surface area contributed by atoms with Gasteiger partial charge >= 0.3 is 5.97 Å². The van der Waals surface area contributed by atoms with Crippen LogP contribution in [0.1, 0.15) is 6.92 Å². The van der Waals surface area contributed by atoms with Gasteiger partial charge in [0.15, 0.2) is 0 Å². The number of fused-ring (bicyclic) bond motifs is 3. The first-order valence-corrected chi connectivity index (χ1v) is 4.94. The summed E-state index contributed by atoms with van der Waals surface area (Å²) in [6, 6.07) is 0. The molecule has 3 heterocycles. The summed E-state index contributed by atoms with van der Waals surface area (Å²) in [5, 5.41) is 9.37. The number of carbonyl (C=O) groups excluding carboxylic acids is 1. The van der Waals surface area contributed by atoms with Crippen LogP contribution >= 0.6 is 0 Å². The predicted molar refractivity (Wildman–Crippen MR) is 49.6 cm³/mol. The molecule has 0 aromatic rings. The van der Waals surface area contributed by atoms with E-state index in [1.54, 1.807) is 0 Å². The number of aliphatic hydroxyl groups is 1.